The Balaban J connectivity index is 1.46. The van der Waals surface area contributed by atoms with Crippen LogP contribution in [0.4, 0.5) is 0 Å². The van der Waals surface area contributed by atoms with Crippen LogP contribution in [0.1, 0.15) is 34.8 Å². The molecule has 1 unspecified atom stereocenters. The molecule has 0 spiro atoms. The number of likely N-dealkylation sites (tertiary alicyclic amines) is 1. The highest BCUT2D eigenvalue weighted by Gasteiger charge is 2.27. The molecule has 1 saturated heterocycles. The number of rotatable bonds is 4. The van der Waals surface area contributed by atoms with E-state index in [2.05, 4.69) is 10.00 Å². The van der Waals surface area contributed by atoms with Crippen LogP contribution in [0.5, 0.6) is 0 Å². The molecular weight excluding hydrogens is 296 g/mol. The lowest BCUT2D eigenvalue weighted by Crippen LogP contribution is -2.36. The number of nitrogens with zero attached hydrogens (tertiary/aromatic N) is 4. The van der Waals surface area contributed by atoms with Crippen molar-refractivity contribution in [2.24, 2.45) is 0 Å². The van der Waals surface area contributed by atoms with Gasteiger partial charge >= 0.3 is 0 Å². The second-order valence-corrected chi connectivity index (χ2v) is 7.31. The molecule has 0 saturated carbocycles. The first kappa shape index (κ1) is 14.1. The predicted molar refractivity (Wildman–Crippen MR) is 86.1 cm³/mol. The Morgan fingerprint density at radius 3 is 3.14 bits per heavy atom. The van der Waals surface area contributed by atoms with Gasteiger partial charge in [0.25, 0.3) is 5.56 Å². The van der Waals surface area contributed by atoms with Crippen molar-refractivity contribution in [2.75, 3.05) is 6.54 Å². The minimum atomic E-state index is -0.0115. The van der Waals surface area contributed by atoms with Gasteiger partial charge in [0.1, 0.15) is 5.01 Å². The van der Waals surface area contributed by atoms with Crippen LogP contribution in [0, 0.1) is 0 Å². The van der Waals surface area contributed by atoms with Gasteiger partial charge < -0.3 is 0 Å². The summed E-state index contributed by atoms with van der Waals surface area (Å²) < 4.78 is 1.59. The van der Waals surface area contributed by atoms with Crippen molar-refractivity contribution in [3.8, 4) is 0 Å². The van der Waals surface area contributed by atoms with E-state index in [0.29, 0.717) is 12.6 Å². The number of thiazole rings is 1. The van der Waals surface area contributed by atoms with Crippen LogP contribution in [0.25, 0.3) is 0 Å². The predicted octanol–water partition coefficient (Wildman–Crippen LogP) is 1.85. The van der Waals surface area contributed by atoms with Gasteiger partial charge in [0.2, 0.25) is 0 Å². The van der Waals surface area contributed by atoms with Gasteiger partial charge in [0, 0.05) is 23.2 Å². The standard InChI is InChI=1S/C16H20N4OS/c21-16-7-2-8-17-20(16)10-12-4-3-9-19(12)11-15-18-13-5-1-6-14(13)22-15/h2,7-8,12H,1,3-6,9-11H2. The number of fused-ring (bicyclic) bond motifs is 1. The minimum Gasteiger partial charge on any atom is -0.292 e. The van der Waals surface area contributed by atoms with E-state index < -0.39 is 0 Å². The molecule has 0 aromatic carbocycles. The summed E-state index contributed by atoms with van der Waals surface area (Å²) in [4.78, 5) is 20.6. The molecule has 5 nitrogen and oxygen atoms in total. The molecule has 116 valence electrons. The Hall–Kier alpha value is -1.53. The number of hydrogen-bond donors (Lipinski definition) is 0. The monoisotopic (exact) mass is 316 g/mol. The van der Waals surface area contributed by atoms with Gasteiger partial charge in [-0.2, -0.15) is 5.10 Å². The molecule has 2 aliphatic rings. The number of hydrogen-bond acceptors (Lipinski definition) is 5. The third-order valence-electron chi connectivity index (χ3n) is 4.65. The molecule has 2 aromatic heterocycles. The van der Waals surface area contributed by atoms with Crippen LogP contribution in [0.3, 0.4) is 0 Å². The Morgan fingerprint density at radius 2 is 2.27 bits per heavy atom. The maximum absolute atomic E-state index is 11.8. The fraction of sp³-hybridized carbons (Fsp3) is 0.562. The van der Waals surface area contributed by atoms with E-state index in [-0.39, 0.29) is 5.56 Å². The Morgan fingerprint density at radius 1 is 1.32 bits per heavy atom. The normalized spacial score (nSPS) is 21.4. The third-order valence-corrected chi connectivity index (χ3v) is 5.79. The van der Waals surface area contributed by atoms with Crippen LogP contribution in [0.15, 0.2) is 23.1 Å². The average molecular weight is 316 g/mol. The summed E-state index contributed by atoms with van der Waals surface area (Å²) in [6.45, 7) is 2.70. The molecule has 6 heteroatoms. The van der Waals surface area contributed by atoms with Crippen molar-refractivity contribution in [1.29, 1.82) is 0 Å². The zero-order chi connectivity index (χ0) is 14.9. The van der Waals surface area contributed by atoms with Gasteiger partial charge in [-0.1, -0.05) is 0 Å². The van der Waals surface area contributed by atoms with Gasteiger partial charge in [-0.15, -0.1) is 11.3 Å². The first-order valence-corrected chi connectivity index (χ1v) is 8.85. The van der Waals surface area contributed by atoms with Crippen molar-refractivity contribution in [3.05, 3.63) is 44.3 Å². The van der Waals surface area contributed by atoms with Crippen LogP contribution in [-0.4, -0.2) is 32.3 Å². The molecule has 22 heavy (non-hydrogen) atoms. The van der Waals surface area contributed by atoms with Crippen molar-refractivity contribution in [3.63, 3.8) is 0 Å². The van der Waals surface area contributed by atoms with Gasteiger partial charge in [0.15, 0.2) is 0 Å². The molecule has 0 radical (unpaired) electrons. The molecule has 0 N–H and O–H groups in total. The zero-order valence-corrected chi connectivity index (χ0v) is 13.4. The topological polar surface area (TPSA) is 51.0 Å². The first-order chi connectivity index (χ1) is 10.8. The molecular formula is C16H20N4OS. The molecule has 1 aliphatic heterocycles. The second kappa shape index (κ2) is 5.93. The van der Waals surface area contributed by atoms with Gasteiger partial charge in [0.05, 0.1) is 18.8 Å². The fourth-order valence-electron chi connectivity index (χ4n) is 3.52. The lowest BCUT2D eigenvalue weighted by molar-refractivity contribution is 0.216. The van der Waals surface area contributed by atoms with Crippen molar-refractivity contribution in [2.45, 2.75) is 51.2 Å². The summed E-state index contributed by atoms with van der Waals surface area (Å²) in [5, 5.41) is 5.43. The Kier molecular flexibility index (Phi) is 3.80. The number of aromatic nitrogens is 3. The maximum Gasteiger partial charge on any atom is 0.266 e. The van der Waals surface area contributed by atoms with Crippen LogP contribution >= 0.6 is 11.3 Å². The zero-order valence-electron chi connectivity index (χ0n) is 12.6. The first-order valence-electron chi connectivity index (χ1n) is 8.03. The summed E-state index contributed by atoms with van der Waals surface area (Å²) >= 11 is 1.88. The summed E-state index contributed by atoms with van der Waals surface area (Å²) in [7, 11) is 0. The second-order valence-electron chi connectivity index (χ2n) is 6.14. The third kappa shape index (κ3) is 2.73. The molecule has 1 aliphatic carbocycles. The van der Waals surface area contributed by atoms with E-state index in [1.165, 1.54) is 34.8 Å². The van der Waals surface area contributed by atoms with E-state index >= 15 is 0 Å². The van der Waals surface area contributed by atoms with Crippen LogP contribution in [0.2, 0.25) is 0 Å². The molecule has 1 atom stereocenters. The molecule has 4 rings (SSSR count). The van der Waals surface area contributed by atoms with E-state index in [4.69, 9.17) is 4.98 Å². The molecule has 0 bridgehead atoms. The highest BCUT2D eigenvalue weighted by Crippen LogP contribution is 2.29. The highest BCUT2D eigenvalue weighted by atomic mass is 32.1. The summed E-state index contributed by atoms with van der Waals surface area (Å²) in [5.74, 6) is 0. The average Bonchev–Trinajstić information content (AvgIpc) is 3.19. The van der Waals surface area contributed by atoms with Crippen LogP contribution in [-0.2, 0) is 25.9 Å². The van der Waals surface area contributed by atoms with E-state index in [1.807, 2.05) is 11.3 Å². The van der Waals surface area contributed by atoms with Gasteiger partial charge in [-0.25, -0.2) is 9.67 Å². The van der Waals surface area contributed by atoms with Crippen molar-refractivity contribution in [1.82, 2.24) is 19.7 Å². The molecule has 3 heterocycles. The van der Waals surface area contributed by atoms with Crippen molar-refractivity contribution >= 4 is 11.3 Å². The van der Waals surface area contributed by atoms with E-state index in [1.54, 1.807) is 23.0 Å². The van der Waals surface area contributed by atoms with Crippen molar-refractivity contribution < 1.29 is 0 Å². The molecule has 0 amide bonds. The van der Waals surface area contributed by atoms with E-state index in [0.717, 1.165) is 25.9 Å². The summed E-state index contributed by atoms with van der Waals surface area (Å²) in [6.07, 6.45) is 7.64. The SMILES string of the molecule is O=c1cccnn1CC1CCCN1Cc1nc2c(s1)CCC2. The summed E-state index contributed by atoms with van der Waals surface area (Å²) in [6, 6.07) is 3.67. The smallest absolute Gasteiger partial charge is 0.266 e. The van der Waals surface area contributed by atoms with E-state index in [9.17, 15) is 4.79 Å². The molecule has 2 aromatic rings. The Bertz CT molecular complexity index is 701. The Labute approximate surface area is 133 Å². The lowest BCUT2D eigenvalue weighted by Gasteiger charge is -2.23. The summed E-state index contributed by atoms with van der Waals surface area (Å²) in [5.41, 5.74) is 1.32. The minimum absolute atomic E-state index is 0.0115. The maximum atomic E-state index is 11.8. The highest BCUT2D eigenvalue weighted by molar-refractivity contribution is 7.11. The number of aryl methyl sites for hydroxylation is 2. The van der Waals surface area contributed by atoms with Gasteiger partial charge in [-0.05, 0) is 44.7 Å². The quantitative estimate of drug-likeness (QED) is 0.864. The largest absolute Gasteiger partial charge is 0.292 e. The molecule has 1 fully saturated rings. The lowest BCUT2D eigenvalue weighted by atomic mass is 10.2. The van der Waals surface area contributed by atoms with Gasteiger partial charge in [-0.3, -0.25) is 9.69 Å². The van der Waals surface area contributed by atoms with Crippen LogP contribution < -0.4 is 5.56 Å². The fourth-order valence-corrected chi connectivity index (χ4v) is 4.70.